The van der Waals surface area contributed by atoms with Crippen LogP contribution in [0.25, 0.3) is 0 Å². The molecule has 1 aliphatic rings. The fourth-order valence-corrected chi connectivity index (χ4v) is 3.17. The summed E-state index contributed by atoms with van der Waals surface area (Å²) in [5.41, 5.74) is -0.268. The Morgan fingerprint density at radius 3 is 2.65 bits per heavy atom. The van der Waals surface area contributed by atoms with Crippen molar-refractivity contribution in [2.24, 2.45) is 0 Å². The summed E-state index contributed by atoms with van der Waals surface area (Å²) in [7, 11) is 0. The Morgan fingerprint density at radius 2 is 2.04 bits per heavy atom. The van der Waals surface area contributed by atoms with E-state index >= 15 is 0 Å². The lowest BCUT2D eigenvalue weighted by atomic mass is 9.92. The van der Waals surface area contributed by atoms with Crippen LogP contribution in [-0.2, 0) is 16.9 Å². The molecule has 0 aliphatic carbocycles. The van der Waals surface area contributed by atoms with E-state index in [1.165, 1.54) is 6.07 Å². The zero-order chi connectivity index (χ0) is 16.8. The molecule has 1 saturated heterocycles. The molecule has 1 unspecified atom stereocenters. The van der Waals surface area contributed by atoms with Crippen LogP contribution in [0.3, 0.4) is 0 Å². The van der Waals surface area contributed by atoms with E-state index in [9.17, 15) is 9.59 Å². The van der Waals surface area contributed by atoms with Gasteiger partial charge in [0, 0.05) is 21.7 Å². The van der Waals surface area contributed by atoms with E-state index in [1.54, 1.807) is 32.0 Å². The second-order valence-electron chi connectivity index (χ2n) is 5.50. The van der Waals surface area contributed by atoms with Crippen molar-refractivity contribution in [1.82, 2.24) is 15.4 Å². The van der Waals surface area contributed by atoms with Crippen LogP contribution < -0.4 is 5.32 Å². The van der Waals surface area contributed by atoms with E-state index in [0.717, 1.165) is 4.90 Å². The number of hydrogen-bond donors (Lipinski definition) is 1. The lowest BCUT2D eigenvalue weighted by Crippen LogP contribution is -2.41. The highest BCUT2D eigenvalue weighted by atomic mass is 35.5. The van der Waals surface area contributed by atoms with Crippen LogP contribution in [0.2, 0.25) is 10.0 Å². The molecule has 8 heteroatoms. The number of amides is 3. The molecule has 3 rings (SSSR count). The van der Waals surface area contributed by atoms with Gasteiger partial charge in [0.1, 0.15) is 17.0 Å². The molecule has 0 radical (unpaired) electrons. The lowest BCUT2D eigenvalue weighted by molar-refractivity contribution is -0.131. The molecule has 2 aromatic rings. The maximum atomic E-state index is 12.8. The van der Waals surface area contributed by atoms with Crippen molar-refractivity contribution in [1.29, 1.82) is 0 Å². The molecule has 23 heavy (non-hydrogen) atoms. The number of aromatic nitrogens is 1. The Bertz CT molecular complexity index is 805. The average molecular weight is 354 g/mol. The molecule has 1 aromatic heterocycles. The van der Waals surface area contributed by atoms with Crippen molar-refractivity contribution >= 4 is 35.1 Å². The van der Waals surface area contributed by atoms with Crippen molar-refractivity contribution in [3.8, 4) is 0 Å². The van der Waals surface area contributed by atoms with E-state index in [2.05, 4.69) is 10.5 Å². The normalized spacial score (nSPS) is 21.0. The number of rotatable bonds is 3. The summed E-state index contributed by atoms with van der Waals surface area (Å²) in [5, 5.41) is 7.26. The molecule has 3 amide bonds. The van der Waals surface area contributed by atoms with Gasteiger partial charge in [-0.05, 0) is 26.0 Å². The minimum Gasteiger partial charge on any atom is -0.361 e. The molecule has 0 bridgehead atoms. The first kappa shape index (κ1) is 15.8. The molecule has 0 spiro atoms. The number of carbonyl (C=O) groups excluding carboxylic acids is 2. The number of halogens is 2. The van der Waals surface area contributed by atoms with Crippen molar-refractivity contribution in [2.45, 2.75) is 25.9 Å². The van der Waals surface area contributed by atoms with Gasteiger partial charge in [0.25, 0.3) is 5.91 Å². The largest absolute Gasteiger partial charge is 0.361 e. The first-order chi connectivity index (χ1) is 10.8. The molecular formula is C15H13Cl2N3O3. The molecule has 2 heterocycles. The molecule has 0 saturated carbocycles. The van der Waals surface area contributed by atoms with Gasteiger partial charge in [0.05, 0.1) is 6.54 Å². The molecule has 1 atom stereocenters. The molecule has 1 aromatic carbocycles. The van der Waals surface area contributed by atoms with E-state index in [-0.39, 0.29) is 6.54 Å². The van der Waals surface area contributed by atoms with Crippen LogP contribution in [0.4, 0.5) is 4.79 Å². The predicted octanol–water partition coefficient (Wildman–Crippen LogP) is 3.26. The summed E-state index contributed by atoms with van der Waals surface area (Å²) in [5.74, 6) is 0.197. The number of aryl methyl sites for hydroxylation is 1. The van der Waals surface area contributed by atoms with E-state index in [1.807, 2.05) is 0 Å². The van der Waals surface area contributed by atoms with Crippen molar-refractivity contribution in [3.05, 3.63) is 51.3 Å². The number of benzene rings is 1. The third kappa shape index (κ3) is 2.68. The number of carbonyl (C=O) groups is 2. The van der Waals surface area contributed by atoms with Crippen LogP contribution >= 0.6 is 23.2 Å². The predicted molar refractivity (Wildman–Crippen MR) is 84.1 cm³/mol. The van der Waals surface area contributed by atoms with E-state index < -0.39 is 17.5 Å². The monoisotopic (exact) mass is 353 g/mol. The van der Waals surface area contributed by atoms with Gasteiger partial charge in [-0.25, -0.2) is 4.79 Å². The van der Waals surface area contributed by atoms with Gasteiger partial charge in [0.15, 0.2) is 0 Å². The van der Waals surface area contributed by atoms with E-state index in [4.69, 9.17) is 27.7 Å². The smallest absolute Gasteiger partial charge is 0.325 e. The Kier molecular flexibility index (Phi) is 3.82. The molecule has 1 N–H and O–H groups in total. The Hall–Kier alpha value is -2.05. The second-order valence-corrected chi connectivity index (χ2v) is 6.34. The maximum Gasteiger partial charge on any atom is 0.325 e. The standard InChI is InChI=1S/C15H13Cl2N3O3/c1-8-5-10(19-23-8)7-20-13(21)15(2,18-14(20)22)11-4-3-9(16)6-12(11)17/h3-6H,7H2,1-2H3,(H,18,22). The highest BCUT2D eigenvalue weighted by Crippen LogP contribution is 2.35. The SMILES string of the molecule is Cc1cc(CN2C(=O)NC(C)(c3ccc(Cl)cc3Cl)C2=O)no1. The molecule has 1 aliphatic heterocycles. The fraction of sp³-hybridized carbons (Fsp3) is 0.267. The number of nitrogens with zero attached hydrogens (tertiary/aromatic N) is 2. The van der Waals surface area contributed by atoms with Gasteiger partial charge in [-0.2, -0.15) is 0 Å². The first-order valence-corrected chi connectivity index (χ1v) is 7.58. The van der Waals surface area contributed by atoms with Gasteiger partial charge < -0.3 is 9.84 Å². The number of hydrogen-bond acceptors (Lipinski definition) is 4. The number of imide groups is 1. The fourth-order valence-electron chi connectivity index (χ4n) is 2.57. The minimum atomic E-state index is -1.25. The molecule has 120 valence electrons. The van der Waals surface area contributed by atoms with Crippen LogP contribution in [-0.4, -0.2) is 22.0 Å². The third-order valence-corrected chi connectivity index (χ3v) is 4.29. The van der Waals surface area contributed by atoms with E-state index in [0.29, 0.717) is 27.1 Å². The summed E-state index contributed by atoms with van der Waals surface area (Å²) in [6.45, 7) is 3.37. The van der Waals surface area contributed by atoms with Gasteiger partial charge in [0.2, 0.25) is 0 Å². The Balaban J connectivity index is 1.93. The van der Waals surface area contributed by atoms with Gasteiger partial charge in [-0.3, -0.25) is 9.69 Å². The van der Waals surface area contributed by atoms with Crippen molar-refractivity contribution in [2.75, 3.05) is 0 Å². The van der Waals surface area contributed by atoms with Crippen LogP contribution in [0.5, 0.6) is 0 Å². The lowest BCUT2D eigenvalue weighted by Gasteiger charge is -2.23. The topological polar surface area (TPSA) is 75.4 Å². The van der Waals surface area contributed by atoms with Crippen molar-refractivity contribution in [3.63, 3.8) is 0 Å². The molecule has 6 nitrogen and oxygen atoms in total. The number of urea groups is 1. The Morgan fingerprint density at radius 1 is 1.30 bits per heavy atom. The van der Waals surface area contributed by atoms with Gasteiger partial charge in [-0.15, -0.1) is 0 Å². The quantitative estimate of drug-likeness (QED) is 0.859. The van der Waals surface area contributed by atoms with Gasteiger partial charge in [-0.1, -0.05) is 34.4 Å². The number of nitrogens with one attached hydrogen (secondary N) is 1. The zero-order valence-electron chi connectivity index (χ0n) is 12.4. The summed E-state index contributed by atoms with van der Waals surface area (Å²) in [6.07, 6.45) is 0. The zero-order valence-corrected chi connectivity index (χ0v) is 13.9. The minimum absolute atomic E-state index is 0.0306. The second kappa shape index (κ2) is 5.54. The maximum absolute atomic E-state index is 12.8. The highest BCUT2D eigenvalue weighted by molar-refractivity contribution is 6.35. The third-order valence-electron chi connectivity index (χ3n) is 3.74. The Labute approximate surface area is 142 Å². The average Bonchev–Trinajstić information content (AvgIpc) is 2.96. The molecule has 1 fully saturated rings. The van der Waals surface area contributed by atoms with Crippen molar-refractivity contribution < 1.29 is 14.1 Å². The molecular weight excluding hydrogens is 341 g/mol. The van der Waals surface area contributed by atoms with Crippen LogP contribution in [0, 0.1) is 6.92 Å². The summed E-state index contributed by atoms with van der Waals surface area (Å²) in [4.78, 5) is 26.1. The van der Waals surface area contributed by atoms with Crippen LogP contribution in [0.15, 0.2) is 28.8 Å². The summed E-state index contributed by atoms with van der Waals surface area (Å²) >= 11 is 12.1. The van der Waals surface area contributed by atoms with Crippen LogP contribution in [0.1, 0.15) is 23.9 Å². The summed E-state index contributed by atoms with van der Waals surface area (Å²) in [6, 6.07) is 5.95. The first-order valence-electron chi connectivity index (χ1n) is 6.83. The highest BCUT2D eigenvalue weighted by Gasteiger charge is 2.50. The van der Waals surface area contributed by atoms with Gasteiger partial charge >= 0.3 is 6.03 Å². The summed E-state index contributed by atoms with van der Waals surface area (Å²) < 4.78 is 4.96.